The summed E-state index contributed by atoms with van der Waals surface area (Å²) in [4.78, 5) is 13.1. The van der Waals surface area contributed by atoms with Crippen LogP contribution in [0.15, 0.2) is 12.4 Å². The molecule has 1 fully saturated rings. The monoisotopic (exact) mass is 265 g/mol. The number of anilines is 2. The van der Waals surface area contributed by atoms with Gasteiger partial charge in [0.05, 0.1) is 19.3 Å². The van der Waals surface area contributed by atoms with Crippen molar-refractivity contribution in [2.75, 3.05) is 49.7 Å². The summed E-state index contributed by atoms with van der Waals surface area (Å²) in [6, 6.07) is 2.23. The minimum atomic E-state index is 0.202. The van der Waals surface area contributed by atoms with Crippen LogP contribution in [-0.4, -0.2) is 55.9 Å². The van der Waals surface area contributed by atoms with Gasteiger partial charge in [-0.25, -0.2) is 9.97 Å². The number of hydrogen-bond acceptors (Lipinski definition) is 6. The second-order valence-electron chi connectivity index (χ2n) is 4.81. The Hall–Kier alpha value is -1.40. The van der Waals surface area contributed by atoms with Crippen molar-refractivity contribution in [3.63, 3.8) is 0 Å². The molecule has 0 saturated carbocycles. The van der Waals surface area contributed by atoms with E-state index in [-0.39, 0.29) is 6.04 Å². The zero-order valence-corrected chi connectivity index (χ0v) is 11.7. The van der Waals surface area contributed by atoms with Gasteiger partial charge in [-0.3, -0.25) is 0 Å². The summed E-state index contributed by atoms with van der Waals surface area (Å²) < 4.78 is 5.47. The molecule has 1 atom stereocenters. The average molecular weight is 265 g/mol. The van der Waals surface area contributed by atoms with Crippen LogP contribution in [-0.2, 0) is 4.74 Å². The Morgan fingerprint density at radius 3 is 3.11 bits per heavy atom. The zero-order chi connectivity index (χ0) is 13.7. The van der Waals surface area contributed by atoms with Gasteiger partial charge in [0.2, 0.25) is 0 Å². The summed E-state index contributed by atoms with van der Waals surface area (Å²) in [5, 5.41) is 0. The highest BCUT2D eigenvalue weighted by Gasteiger charge is 2.23. The van der Waals surface area contributed by atoms with E-state index >= 15 is 0 Å². The number of hydrogen-bond donors (Lipinski definition) is 1. The predicted molar refractivity (Wildman–Crippen MR) is 76.6 cm³/mol. The third-order valence-corrected chi connectivity index (χ3v) is 3.38. The smallest absolute Gasteiger partial charge is 0.134 e. The van der Waals surface area contributed by atoms with E-state index in [1.807, 2.05) is 6.07 Å². The molecule has 1 aromatic heterocycles. The fourth-order valence-corrected chi connectivity index (χ4v) is 2.30. The molecule has 0 amide bonds. The highest BCUT2D eigenvalue weighted by atomic mass is 16.5. The molecule has 2 rings (SSSR count). The summed E-state index contributed by atoms with van der Waals surface area (Å²) in [5.74, 6) is 1.89. The first-order valence-corrected chi connectivity index (χ1v) is 6.84. The number of ether oxygens (including phenoxy) is 1. The van der Waals surface area contributed by atoms with Crippen LogP contribution in [0.5, 0.6) is 0 Å². The Kier molecular flexibility index (Phi) is 4.93. The van der Waals surface area contributed by atoms with Gasteiger partial charge in [0, 0.05) is 32.7 Å². The molecule has 6 nitrogen and oxygen atoms in total. The molecule has 0 bridgehead atoms. The van der Waals surface area contributed by atoms with Gasteiger partial charge in [0.25, 0.3) is 0 Å². The Labute approximate surface area is 114 Å². The van der Waals surface area contributed by atoms with Gasteiger partial charge in [0.15, 0.2) is 0 Å². The Morgan fingerprint density at radius 2 is 2.37 bits per heavy atom. The standard InChI is InChI=1S/C13H23N5O/c1-3-4-17(2)12-7-13(16-10-15-12)18-5-6-19-9-11(18)8-14/h7,10-11H,3-6,8-9,14H2,1-2H3. The van der Waals surface area contributed by atoms with Gasteiger partial charge < -0.3 is 20.3 Å². The molecule has 106 valence electrons. The van der Waals surface area contributed by atoms with Gasteiger partial charge in [-0.15, -0.1) is 0 Å². The zero-order valence-electron chi connectivity index (χ0n) is 11.7. The lowest BCUT2D eigenvalue weighted by Crippen LogP contribution is -2.49. The Bertz CT molecular complexity index is 400. The van der Waals surface area contributed by atoms with Gasteiger partial charge in [-0.2, -0.15) is 0 Å². The summed E-state index contributed by atoms with van der Waals surface area (Å²) >= 11 is 0. The molecule has 2 heterocycles. The lowest BCUT2D eigenvalue weighted by Gasteiger charge is -2.36. The largest absolute Gasteiger partial charge is 0.377 e. The molecule has 0 radical (unpaired) electrons. The third kappa shape index (κ3) is 3.33. The van der Waals surface area contributed by atoms with Crippen molar-refractivity contribution in [2.24, 2.45) is 5.73 Å². The number of morpholine rings is 1. The van der Waals surface area contributed by atoms with Gasteiger partial charge >= 0.3 is 0 Å². The molecule has 19 heavy (non-hydrogen) atoms. The van der Waals surface area contributed by atoms with E-state index in [0.717, 1.165) is 37.8 Å². The number of rotatable bonds is 5. The van der Waals surface area contributed by atoms with Gasteiger partial charge in [-0.1, -0.05) is 6.92 Å². The molecule has 1 unspecified atom stereocenters. The quantitative estimate of drug-likeness (QED) is 0.835. The number of nitrogens with zero attached hydrogens (tertiary/aromatic N) is 4. The van der Waals surface area contributed by atoms with Crippen LogP contribution in [0.25, 0.3) is 0 Å². The van der Waals surface area contributed by atoms with Crippen molar-refractivity contribution in [3.8, 4) is 0 Å². The van der Waals surface area contributed by atoms with Crippen molar-refractivity contribution in [2.45, 2.75) is 19.4 Å². The highest BCUT2D eigenvalue weighted by Crippen LogP contribution is 2.20. The fourth-order valence-electron chi connectivity index (χ4n) is 2.30. The molecule has 0 spiro atoms. The normalized spacial score (nSPS) is 19.5. The minimum absolute atomic E-state index is 0.202. The van der Waals surface area contributed by atoms with Crippen LogP contribution in [0, 0.1) is 0 Å². The van der Waals surface area contributed by atoms with E-state index in [1.54, 1.807) is 6.33 Å². The molecule has 1 saturated heterocycles. The van der Waals surface area contributed by atoms with Crippen LogP contribution in [0.2, 0.25) is 0 Å². The second-order valence-corrected chi connectivity index (χ2v) is 4.81. The third-order valence-electron chi connectivity index (χ3n) is 3.38. The van der Waals surface area contributed by atoms with E-state index in [1.165, 1.54) is 0 Å². The van der Waals surface area contributed by atoms with Crippen LogP contribution < -0.4 is 15.5 Å². The fraction of sp³-hybridized carbons (Fsp3) is 0.692. The van der Waals surface area contributed by atoms with E-state index < -0.39 is 0 Å². The van der Waals surface area contributed by atoms with E-state index in [2.05, 4.69) is 33.7 Å². The number of aromatic nitrogens is 2. The van der Waals surface area contributed by atoms with Gasteiger partial charge in [-0.05, 0) is 6.42 Å². The second kappa shape index (κ2) is 6.68. The lowest BCUT2D eigenvalue weighted by molar-refractivity contribution is 0.0958. The highest BCUT2D eigenvalue weighted by molar-refractivity contribution is 5.50. The van der Waals surface area contributed by atoms with Gasteiger partial charge in [0.1, 0.15) is 18.0 Å². The molecule has 2 N–H and O–H groups in total. The molecule has 6 heteroatoms. The first-order chi connectivity index (χ1) is 9.26. The minimum Gasteiger partial charge on any atom is -0.377 e. The first kappa shape index (κ1) is 14.0. The molecular formula is C13H23N5O. The maximum absolute atomic E-state index is 5.80. The van der Waals surface area contributed by atoms with Crippen molar-refractivity contribution in [1.82, 2.24) is 9.97 Å². The average Bonchev–Trinajstić information content (AvgIpc) is 2.47. The van der Waals surface area contributed by atoms with E-state index in [0.29, 0.717) is 13.2 Å². The van der Waals surface area contributed by atoms with Crippen molar-refractivity contribution >= 4 is 11.6 Å². The van der Waals surface area contributed by atoms with E-state index in [4.69, 9.17) is 10.5 Å². The molecule has 0 aromatic carbocycles. The van der Waals surface area contributed by atoms with Crippen LogP contribution in [0.1, 0.15) is 13.3 Å². The predicted octanol–water partition coefficient (Wildman–Crippen LogP) is 0.487. The Morgan fingerprint density at radius 1 is 1.53 bits per heavy atom. The van der Waals surface area contributed by atoms with Crippen molar-refractivity contribution in [1.29, 1.82) is 0 Å². The van der Waals surface area contributed by atoms with Crippen LogP contribution >= 0.6 is 0 Å². The maximum atomic E-state index is 5.80. The van der Waals surface area contributed by atoms with Crippen molar-refractivity contribution < 1.29 is 4.74 Å². The summed E-state index contributed by atoms with van der Waals surface area (Å²) in [6.45, 7) is 5.94. The first-order valence-electron chi connectivity index (χ1n) is 6.84. The summed E-state index contributed by atoms with van der Waals surface area (Å²) in [5.41, 5.74) is 5.80. The van der Waals surface area contributed by atoms with Crippen LogP contribution in [0.3, 0.4) is 0 Å². The topological polar surface area (TPSA) is 67.5 Å². The summed E-state index contributed by atoms with van der Waals surface area (Å²) in [7, 11) is 2.05. The molecule has 1 aliphatic heterocycles. The lowest BCUT2D eigenvalue weighted by atomic mass is 10.2. The Balaban J connectivity index is 2.17. The molecule has 1 aromatic rings. The number of nitrogens with two attached hydrogens (primary N) is 1. The molecule has 0 aliphatic carbocycles. The molecular weight excluding hydrogens is 242 g/mol. The molecule has 1 aliphatic rings. The summed E-state index contributed by atoms with van der Waals surface area (Å²) in [6.07, 6.45) is 2.72. The van der Waals surface area contributed by atoms with Crippen LogP contribution in [0.4, 0.5) is 11.6 Å². The maximum Gasteiger partial charge on any atom is 0.134 e. The SMILES string of the molecule is CCCN(C)c1cc(N2CCOCC2CN)ncn1. The van der Waals surface area contributed by atoms with E-state index in [9.17, 15) is 0 Å². The van der Waals surface area contributed by atoms with Crippen molar-refractivity contribution in [3.05, 3.63) is 12.4 Å².